The molecule has 0 aliphatic heterocycles. The van der Waals surface area contributed by atoms with Crippen LogP contribution in [0.25, 0.3) is 0 Å². The summed E-state index contributed by atoms with van der Waals surface area (Å²) in [5.74, 6) is 0.0566. The number of benzene rings is 1. The van der Waals surface area contributed by atoms with Gasteiger partial charge in [-0.25, -0.2) is 4.39 Å². The number of hydrogen-bond donors (Lipinski definition) is 1. The second kappa shape index (κ2) is 5.87. The van der Waals surface area contributed by atoms with Gasteiger partial charge in [0.25, 0.3) is 5.69 Å². The molecule has 0 spiro atoms. The van der Waals surface area contributed by atoms with Crippen LogP contribution in [0.5, 0.6) is 0 Å². The van der Waals surface area contributed by atoms with E-state index in [9.17, 15) is 14.5 Å². The Hall–Kier alpha value is -1.49. The van der Waals surface area contributed by atoms with Crippen LogP contribution < -0.4 is 5.73 Å². The molecule has 1 aliphatic carbocycles. The summed E-state index contributed by atoms with van der Waals surface area (Å²) in [5.41, 5.74) is 6.41. The second-order valence-corrected chi connectivity index (χ2v) is 6.16. The maximum absolute atomic E-state index is 13.5. The predicted octanol–water partition coefficient (Wildman–Crippen LogP) is 3.43. The average molecular weight is 280 g/mol. The SMILES string of the molecule is CC1CCCC(CN)(Cc2cc(F)cc([N+](=O)[O-])c2)C1. The molecule has 1 aliphatic rings. The molecule has 4 nitrogen and oxygen atoms in total. The lowest BCUT2D eigenvalue weighted by molar-refractivity contribution is -0.385. The summed E-state index contributed by atoms with van der Waals surface area (Å²) >= 11 is 0. The number of non-ortho nitro benzene ring substituents is 1. The van der Waals surface area contributed by atoms with Crippen LogP contribution in [-0.4, -0.2) is 11.5 Å². The largest absolute Gasteiger partial charge is 0.330 e. The van der Waals surface area contributed by atoms with Crippen molar-refractivity contribution in [3.05, 3.63) is 39.7 Å². The van der Waals surface area contributed by atoms with Crippen molar-refractivity contribution in [1.29, 1.82) is 0 Å². The molecule has 0 radical (unpaired) electrons. The van der Waals surface area contributed by atoms with E-state index in [4.69, 9.17) is 5.73 Å². The van der Waals surface area contributed by atoms with Gasteiger partial charge < -0.3 is 5.73 Å². The molecule has 1 aromatic rings. The van der Waals surface area contributed by atoms with Crippen LogP contribution in [0.15, 0.2) is 18.2 Å². The van der Waals surface area contributed by atoms with Crippen LogP contribution in [0, 0.1) is 27.3 Å². The topological polar surface area (TPSA) is 69.2 Å². The Labute approximate surface area is 118 Å². The molecule has 0 heterocycles. The normalized spacial score (nSPS) is 26.4. The van der Waals surface area contributed by atoms with Crippen LogP contribution in [0.1, 0.15) is 38.2 Å². The molecule has 2 unspecified atom stereocenters. The number of nitrogens with zero attached hydrogens (tertiary/aromatic N) is 1. The molecular weight excluding hydrogens is 259 g/mol. The van der Waals surface area contributed by atoms with Gasteiger partial charge in [0.2, 0.25) is 0 Å². The number of rotatable bonds is 4. The van der Waals surface area contributed by atoms with Gasteiger partial charge in [-0.15, -0.1) is 0 Å². The number of nitro groups is 1. The van der Waals surface area contributed by atoms with Crippen molar-refractivity contribution in [2.45, 2.75) is 39.0 Å². The standard InChI is InChI=1S/C15H21FN2O2/c1-11-3-2-4-15(8-11,10-17)9-12-5-13(16)7-14(6-12)18(19)20/h5-7,11H,2-4,8-10,17H2,1H3. The van der Waals surface area contributed by atoms with E-state index < -0.39 is 10.7 Å². The highest BCUT2D eigenvalue weighted by Gasteiger charge is 2.34. The van der Waals surface area contributed by atoms with E-state index in [2.05, 4.69) is 6.92 Å². The molecule has 0 bridgehead atoms. The summed E-state index contributed by atoms with van der Waals surface area (Å²) in [5, 5.41) is 10.8. The van der Waals surface area contributed by atoms with Crippen molar-refractivity contribution in [2.75, 3.05) is 6.54 Å². The first-order chi connectivity index (χ1) is 9.44. The zero-order chi connectivity index (χ0) is 14.8. The molecule has 0 aromatic heterocycles. The number of nitro benzene ring substituents is 1. The number of halogens is 1. The quantitative estimate of drug-likeness (QED) is 0.678. The molecule has 1 aromatic carbocycles. The molecule has 0 amide bonds. The van der Waals surface area contributed by atoms with Crippen LogP contribution in [0.2, 0.25) is 0 Å². The van der Waals surface area contributed by atoms with Crippen molar-refractivity contribution >= 4 is 5.69 Å². The fourth-order valence-electron chi connectivity index (χ4n) is 3.46. The van der Waals surface area contributed by atoms with E-state index in [1.165, 1.54) is 18.6 Å². The summed E-state index contributed by atoms with van der Waals surface area (Å²) in [4.78, 5) is 10.3. The molecule has 1 saturated carbocycles. The first-order valence-electron chi connectivity index (χ1n) is 7.08. The van der Waals surface area contributed by atoms with Gasteiger partial charge in [-0.2, -0.15) is 0 Å². The summed E-state index contributed by atoms with van der Waals surface area (Å²) in [6, 6.07) is 3.82. The van der Waals surface area contributed by atoms with E-state index in [0.717, 1.165) is 25.3 Å². The first kappa shape index (κ1) is 14.9. The predicted molar refractivity (Wildman–Crippen MR) is 75.9 cm³/mol. The van der Waals surface area contributed by atoms with Gasteiger partial charge in [0.15, 0.2) is 0 Å². The van der Waals surface area contributed by atoms with Gasteiger partial charge in [0.1, 0.15) is 5.82 Å². The lowest BCUT2D eigenvalue weighted by Crippen LogP contribution is -2.37. The van der Waals surface area contributed by atoms with E-state index in [1.807, 2.05) is 0 Å². The van der Waals surface area contributed by atoms with Gasteiger partial charge in [0, 0.05) is 6.07 Å². The summed E-state index contributed by atoms with van der Waals surface area (Å²) in [7, 11) is 0. The fourth-order valence-corrected chi connectivity index (χ4v) is 3.46. The molecule has 20 heavy (non-hydrogen) atoms. The van der Waals surface area contributed by atoms with Gasteiger partial charge in [-0.05, 0) is 48.8 Å². The van der Waals surface area contributed by atoms with Gasteiger partial charge in [-0.1, -0.05) is 19.8 Å². The van der Waals surface area contributed by atoms with Gasteiger partial charge >= 0.3 is 0 Å². The Morgan fingerprint density at radius 3 is 2.85 bits per heavy atom. The third-order valence-corrected chi connectivity index (χ3v) is 4.35. The highest BCUT2D eigenvalue weighted by atomic mass is 19.1. The van der Waals surface area contributed by atoms with Crippen LogP contribution in [-0.2, 0) is 6.42 Å². The minimum absolute atomic E-state index is 0.0423. The van der Waals surface area contributed by atoms with Crippen molar-refractivity contribution < 1.29 is 9.31 Å². The lowest BCUT2D eigenvalue weighted by atomic mass is 9.67. The number of nitrogens with two attached hydrogens (primary N) is 1. The lowest BCUT2D eigenvalue weighted by Gasteiger charge is -2.39. The Morgan fingerprint density at radius 1 is 1.50 bits per heavy atom. The van der Waals surface area contributed by atoms with Crippen LogP contribution in [0.4, 0.5) is 10.1 Å². The van der Waals surface area contributed by atoms with E-state index in [-0.39, 0.29) is 11.1 Å². The van der Waals surface area contributed by atoms with E-state index >= 15 is 0 Å². The molecular formula is C15H21FN2O2. The molecule has 2 N–H and O–H groups in total. The zero-order valence-electron chi connectivity index (χ0n) is 11.8. The minimum atomic E-state index is -0.551. The molecule has 2 rings (SSSR count). The van der Waals surface area contributed by atoms with Crippen molar-refractivity contribution in [3.63, 3.8) is 0 Å². The van der Waals surface area contributed by atoms with Gasteiger partial charge in [-0.3, -0.25) is 10.1 Å². The Morgan fingerprint density at radius 2 is 2.25 bits per heavy atom. The Kier molecular flexibility index (Phi) is 4.38. The second-order valence-electron chi connectivity index (χ2n) is 6.16. The molecule has 110 valence electrons. The molecule has 1 fully saturated rings. The Bertz CT molecular complexity index is 507. The van der Waals surface area contributed by atoms with E-state index in [1.54, 1.807) is 0 Å². The van der Waals surface area contributed by atoms with E-state index in [0.29, 0.717) is 24.4 Å². The maximum Gasteiger partial charge on any atom is 0.272 e. The monoisotopic (exact) mass is 280 g/mol. The van der Waals surface area contributed by atoms with Crippen molar-refractivity contribution in [3.8, 4) is 0 Å². The smallest absolute Gasteiger partial charge is 0.272 e. The Balaban J connectivity index is 2.25. The third-order valence-electron chi connectivity index (χ3n) is 4.35. The van der Waals surface area contributed by atoms with Crippen LogP contribution >= 0.6 is 0 Å². The fraction of sp³-hybridized carbons (Fsp3) is 0.600. The first-order valence-corrected chi connectivity index (χ1v) is 7.08. The van der Waals surface area contributed by atoms with Crippen LogP contribution in [0.3, 0.4) is 0 Å². The number of hydrogen-bond acceptors (Lipinski definition) is 3. The third kappa shape index (κ3) is 3.33. The summed E-state index contributed by atoms with van der Waals surface area (Å²) in [6.07, 6.45) is 4.96. The highest BCUT2D eigenvalue weighted by Crippen LogP contribution is 2.41. The van der Waals surface area contributed by atoms with Crippen molar-refractivity contribution in [1.82, 2.24) is 0 Å². The maximum atomic E-state index is 13.5. The molecule has 5 heteroatoms. The molecule has 2 atom stereocenters. The average Bonchev–Trinajstić information content (AvgIpc) is 2.38. The summed E-state index contributed by atoms with van der Waals surface area (Å²) in [6.45, 7) is 2.75. The van der Waals surface area contributed by atoms with Crippen molar-refractivity contribution in [2.24, 2.45) is 17.1 Å². The van der Waals surface area contributed by atoms with Gasteiger partial charge in [0.05, 0.1) is 11.0 Å². The highest BCUT2D eigenvalue weighted by molar-refractivity contribution is 5.35. The minimum Gasteiger partial charge on any atom is -0.330 e. The zero-order valence-corrected chi connectivity index (χ0v) is 11.8. The molecule has 0 saturated heterocycles. The summed E-state index contributed by atoms with van der Waals surface area (Å²) < 4.78 is 13.5.